The monoisotopic (exact) mass is 431 g/mol. The van der Waals surface area contributed by atoms with Gasteiger partial charge in [-0.15, -0.1) is 11.3 Å². The van der Waals surface area contributed by atoms with Crippen LogP contribution >= 0.6 is 11.3 Å². The van der Waals surface area contributed by atoms with Crippen LogP contribution in [0.4, 0.5) is 5.82 Å². The molecule has 31 heavy (non-hydrogen) atoms. The lowest BCUT2D eigenvalue weighted by atomic mass is 10.00. The number of aromatic amines is 1. The third-order valence-corrected chi connectivity index (χ3v) is 7.30. The van der Waals surface area contributed by atoms with Crippen LogP contribution in [0.25, 0.3) is 32.6 Å². The summed E-state index contributed by atoms with van der Waals surface area (Å²) in [6, 6.07) is 11.6. The molecule has 0 unspecified atom stereocenters. The van der Waals surface area contributed by atoms with E-state index in [2.05, 4.69) is 83.4 Å². The Morgan fingerprint density at radius 2 is 1.84 bits per heavy atom. The van der Waals surface area contributed by atoms with Gasteiger partial charge in [0.25, 0.3) is 0 Å². The number of hydrogen-bond acceptors (Lipinski definition) is 5. The molecule has 1 aliphatic heterocycles. The van der Waals surface area contributed by atoms with Crippen LogP contribution in [-0.2, 0) is 0 Å². The van der Waals surface area contributed by atoms with E-state index in [1.807, 2.05) is 6.20 Å². The van der Waals surface area contributed by atoms with Gasteiger partial charge < -0.3 is 4.90 Å². The van der Waals surface area contributed by atoms with Crippen molar-refractivity contribution in [2.45, 2.75) is 33.7 Å². The van der Waals surface area contributed by atoms with Crippen LogP contribution in [-0.4, -0.2) is 52.3 Å². The molecule has 1 N–H and O–H groups in total. The summed E-state index contributed by atoms with van der Waals surface area (Å²) in [5.41, 5.74) is 6.91. The third kappa shape index (κ3) is 3.75. The molecule has 4 aromatic rings. The average Bonchev–Trinajstić information content (AvgIpc) is 3.45. The third-order valence-electron chi connectivity index (χ3n) is 6.38. The maximum Gasteiger partial charge on any atom is 0.129 e. The van der Waals surface area contributed by atoms with Gasteiger partial charge in [-0.05, 0) is 74.0 Å². The summed E-state index contributed by atoms with van der Waals surface area (Å²) in [7, 11) is 0. The Labute approximate surface area is 187 Å². The zero-order valence-electron chi connectivity index (χ0n) is 18.6. The molecule has 1 saturated heterocycles. The first kappa shape index (κ1) is 20.2. The summed E-state index contributed by atoms with van der Waals surface area (Å²) < 4.78 is 0. The first-order valence-corrected chi connectivity index (χ1v) is 11.9. The Morgan fingerprint density at radius 3 is 2.55 bits per heavy atom. The number of hydrogen-bond donors (Lipinski definition) is 1. The van der Waals surface area contributed by atoms with Crippen molar-refractivity contribution in [3.63, 3.8) is 0 Å². The van der Waals surface area contributed by atoms with Crippen LogP contribution in [0, 0.1) is 13.8 Å². The summed E-state index contributed by atoms with van der Waals surface area (Å²) in [5, 5.41) is 11.3. The molecule has 6 heteroatoms. The van der Waals surface area contributed by atoms with Gasteiger partial charge in [0, 0.05) is 54.2 Å². The first-order valence-electron chi connectivity index (χ1n) is 11.0. The van der Waals surface area contributed by atoms with Gasteiger partial charge in [-0.25, -0.2) is 4.98 Å². The van der Waals surface area contributed by atoms with Crippen LogP contribution in [0.2, 0.25) is 0 Å². The minimum Gasteiger partial charge on any atom is -0.354 e. The quantitative estimate of drug-likeness (QED) is 0.463. The number of fused-ring (bicyclic) bond motifs is 1. The average molecular weight is 432 g/mol. The van der Waals surface area contributed by atoms with Gasteiger partial charge in [-0.1, -0.05) is 6.07 Å². The van der Waals surface area contributed by atoms with Gasteiger partial charge in [-0.3, -0.25) is 10.00 Å². The molecule has 0 saturated carbocycles. The SMILES string of the molecule is Cc1cnc(N2CCN(C(C)C)CC2)cc1-c1[nH]nc2c(C)cc(-c3cccs3)cc12. The molecule has 1 fully saturated rings. The van der Waals surface area contributed by atoms with Gasteiger partial charge >= 0.3 is 0 Å². The van der Waals surface area contributed by atoms with Crippen LogP contribution < -0.4 is 4.90 Å². The predicted molar refractivity (Wildman–Crippen MR) is 131 cm³/mol. The zero-order valence-corrected chi connectivity index (χ0v) is 19.5. The number of anilines is 1. The molecule has 5 rings (SSSR count). The Kier molecular flexibility index (Phi) is 5.28. The van der Waals surface area contributed by atoms with E-state index in [1.54, 1.807) is 11.3 Å². The molecule has 0 amide bonds. The number of piperazine rings is 1. The lowest BCUT2D eigenvalue weighted by Crippen LogP contribution is -2.49. The number of aromatic nitrogens is 3. The van der Waals surface area contributed by atoms with Gasteiger partial charge in [0.05, 0.1) is 11.2 Å². The topological polar surface area (TPSA) is 48.1 Å². The summed E-state index contributed by atoms with van der Waals surface area (Å²) >= 11 is 1.77. The van der Waals surface area contributed by atoms with Crippen molar-refractivity contribution in [1.82, 2.24) is 20.1 Å². The maximum atomic E-state index is 4.77. The van der Waals surface area contributed by atoms with Crippen molar-refractivity contribution >= 4 is 28.1 Å². The van der Waals surface area contributed by atoms with Crippen molar-refractivity contribution in [2.24, 2.45) is 0 Å². The van der Waals surface area contributed by atoms with Crippen molar-refractivity contribution in [3.8, 4) is 21.7 Å². The molecule has 160 valence electrons. The molecule has 0 radical (unpaired) electrons. The fourth-order valence-corrected chi connectivity index (χ4v) is 5.22. The lowest BCUT2D eigenvalue weighted by Gasteiger charge is -2.37. The Balaban J connectivity index is 1.54. The van der Waals surface area contributed by atoms with E-state index in [1.165, 1.54) is 27.0 Å². The highest BCUT2D eigenvalue weighted by Gasteiger charge is 2.21. The molecule has 0 spiro atoms. The van der Waals surface area contributed by atoms with Gasteiger partial charge in [-0.2, -0.15) is 5.10 Å². The highest BCUT2D eigenvalue weighted by atomic mass is 32.1. The van der Waals surface area contributed by atoms with E-state index < -0.39 is 0 Å². The van der Waals surface area contributed by atoms with E-state index in [9.17, 15) is 0 Å². The number of nitrogens with zero attached hydrogens (tertiary/aromatic N) is 4. The molecule has 0 atom stereocenters. The Hall–Kier alpha value is -2.70. The van der Waals surface area contributed by atoms with E-state index in [-0.39, 0.29) is 0 Å². The number of rotatable bonds is 4. The number of benzene rings is 1. The van der Waals surface area contributed by atoms with Crippen LogP contribution in [0.5, 0.6) is 0 Å². The summed E-state index contributed by atoms with van der Waals surface area (Å²) in [4.78, 5) is 11.0. The van der Waals surface area contributed by atoms with Gasteiger partial charge in [0.1, 0.15) is 5.82 Å². The summed E-state index contributed by atoms with van der Waals surface area (Å²) in [6.07, 6.45) is 2.00. The highest BCUT2D eigenvalue weighted by Crippen LogP contribution is 2.36. The number of pyridine rings is 1. The van der Waals surface area contributed by atoms with Crippen molar-refractivity contribution in [3.05, 3.63) is 53.0 Å². The molecule has 0 bridgehead atoms. The molecular formula is C25H29N5S. The van der Waals surface area contributed by atoms with Crippen LogP contribution in [0.15, 0.2) is 41.9 Å². The minimum atomic E-state index is 0.598. The van der Waals surface area contributed by atoms with Crippen molar-refractivity contribution in [2.75, 3.05) is 31.1 Å². The second-order valence-corrected chi connectivity index (χ2v) is 9.69. The second-order valence-electron chi connectivity index (χ2n) is 8.74. The number of nitrogens with one attached hydrogen (secondary N) is 1. The molecule has 3 aromatic heterocycles. The fourth-order valence-electron chi connectivity index (χ4n) is 4.50. The van der Waals surface area contributed by atoms with Crippen molar-refractivity contribution < 1.29 is 0 Å². The number of aryl methyl sites for hydroxylation is 2. The van der Waals surface area contributed by atoms with Crippen LogP contribution in [0.3, 0.4) is 0 Å². The fraction of sp³-hybridized carbons (Fsp3) is 0.360. The van der Waals surface area contributed by atoms with E-state index in [0.29, 0.717) is 6.04 Å². The molecular weight excluding hydrogens is 402 g/mol. The molecule has 1 aromatic carbocycles. The molecule has 5 nitrogen and oxygen atoms in total. The number of H-pyrrole nitrogens is 1. The zero-order chi connectivity index (χ0) is 21.5. The molecule has 0 aliphatic carbocycles. The highest BCUT2D eigenvalue weighted by molar-refractivity contribution is 7.13. The lowest BCUT2D eigenvalue weighted by molar-refractivity contribution is 0.209. The molecule has 1 aliphatic rings. The van der Waals surface area contributed by atoms with E-state index >= 15 is 0 Å². The largest absolute Gasteiger partial charge is 0.354 e. The number of thiophene rings is 1. The van der Waals surface area contributed by atoms with E-state index in [4.69, 9.17) is 4.98 Å². The first-order chi connectivity index (χ1) is 15.0. The van der Waals surface area contributed by atoms with Crippen molar-refractivity contribution in [1.29, 1.82) is 0 Å². The van der Waals surface area contributed by atoms with Gasteiger partial charge in [0.15, 0.2) is 0 Å². The Morgan fingerprint density at radius 1 is 1.03 bits per heavy atom. The van der Waals surface area contributed by atoms with Crippen LogP contribution in [0.1, 0.15) is 25.0 Å². The molecule has 4 heterocycles. The maximum absolute atomic E-state index is 4.77. The Bertz CT molecular complexity index is 1200. The smallest absolute Gasteiger partial charge is 0.129 e. The predicted octanol–water partition coefficient (Wildman–Crippen LogP) is 5.50. The standard InChI is InChI=1S/C25H29N5S/c1-16(2)29-7-9-30(10-8-29)23-14-20(18(4)15-26-23)25-21-13-19(22-6-5-11-31-22)12-17(3)24(21)27-28-25/h5-6,11-16H,7-10H2,1-4H3,(H,27,28). The van der Waals surface area contributed by atoms with E-state index in [0.717, 1.165) is 48.8 Å². The summed E-state index contributed by atoms with van der Waals surface area (Å²) in [5.74, 6) is 1.05. The minimum absolute atomic E-state index is 0.598. The summed E-state index contributed by atoms with van der Waals surface area (Å²) in [6.45, 7) is 13.0. The van der Waals surface area contributed by atoms with Gasteiger partial charge in [0.2, 0.25) is 0 Å². The normalized spacial score (nSPS) is 15.3. The second kappa shape index (κ2) is 8.09.